The van der Waals surface area contributed by atoms with E-state index in [-0.39, 0.29) is 27.3 Å². The Morgan fingerprint density at radius 1 is 1.25 bits per heavy atom. The van der Waals surface area contributed by atoms with Gasteiger partial charge in [-0.05, 0) is 0 Å². The summed E-state index contributed by atoms with van der Waals surface area (Å²) in [5.41, 5.74) is 0.381. The number of ether oxygens (including phenoxy) is 2. The van der Waals surface area contributed by atoms with Crippen LogP contribution >= 0.6 is 0 Å². The van der Waals surface area contributed by atoms with E-state index in [4.69, 9.17) is 18.3 Å². The minimum Gasteiger partial charge on any atom is -0.457 e. The third-order valence-electron chi connectivity index (χ3n) is 6.22. The van der Waals surface area contributed by atoms with Gasteiger partial charge in [0.05, 0.1) is 25.8 Å². The molecule has 2 saturated heterocycles. The second-order valence-electron chi connectivity index (χ2n) is 10.6. The molecule has 0 saturated carbocycles. The van der Waals surface area contributed by atoms with E-state index in [0.29, 0.717) is 18.8 Å². The van der Waals surface area contributed by atoms with Gasteiger partial charge in [-0.15, -0.1) is 0 Å². The summed E-state index contributed by atoms with van der Waals surface area (Å²) in [5.74, 6) is -0.400. The van der Waals surface area contributed by atoms with Crippen LogP contribution in [-0.4, -0.2) is 65.1 Å². The number of esters is 1. The van der Waals surface area contributed by atoms with Gasteiger partial charge in [0, 0.05) is 17.0 Å². The van der Waals surface area contributed by atoms with E-state index in [1.165, 1.54) is 13.3 Å². The standard InChI is InChI=1S/C21H32N4O6Si/c1-12(26)29-16-13(8-25-11-24-15-18(25)22-10-23-19(15)27)30-14-9-28-32(20(2,3)4,21(5,6)7)31-17(14)16/h10-11,13-14,16-17H,8-9H2,1-7H3,(H,22,23,27)/t13?,14-,16+,17-/m1/s1. The average Bonchev–Trinajstić information content (AvgIpc) is 3.22. The van der Waals surface area contributed by atoms with Crippen molar-refractivity contribution in [1.29, 1.82) is 0 Å². The van der Waals surface area contributed by atoms with Crippen molar-refractivity contribution >= 4 is 25.7 Å². The van der Waals surface area contributed by atoms with Gasteiger partial charge in [0.15, 0.2) is 17.3 Å². The maximum Gasteiger partial charge on any atom is 0.349 e. The second-order valence-corrected chi connectivity index (χ2v) is 15.4. The predicted molar refractivity (Wildman–Crippen MR) is 118 cm³/mol. The highest BCUT2D eigenvalue weighted by molar-refractivity contribution is 6.73. The number of carbonyl (C=O) groups excluding carboxylic acids is 1. The molecule has 2 aromatic heterocycles. The lowest BCUT2D eigenvalue weighted by molar-refractivity contribution is -0.153. The topological polar surface area (TPSA) is 118 Å². The third kappa shape index (κ3) is 3.70. The Bertz CT molecular complexity index is 1050. The van der Waals surface area contributed by atoms with Crippen molar-refractivity contribution in [3.05, 3.63) is 23.0 Å². The molecule has 0 spiro atoms. The summed E-state index contributed by atoms with van der Waals surface area (Å²) in [7, 11) is -2.77. The van der Waals surface area contributed by atoms with Crippen molar-refractivity contribution in [3.63, 3.8) is 0 Å². The van der Waals surface area contributed by atoms with E-state index in [2.05, 4.69) is 56.5 Å². The Balaban J connectivity index is 1.67. The van der Waals surface area contributed by atoms with Crippen molar-refractivity contribution in [2.24, 2.45) is 0 Å². The van der Waals surface area contributed by atoms with E-state index in [1.807, 2.05) is 0 Å². The summed E-state index contributed by atoms with van der Waals surface area (Å²) in [4.78, 5) is 34.9. The fraction of sp³-hybridized carbons (Fsp3) is 0.714. The second kappa shape index (κ2) is 7.75. The highest BCUT2D eigenvalue weighted by Gasteiger charge is 2.65. The van der Waals surface area contributed by atoms with Crippen LogP contribution in [0.1, 0.15) is 48.5 Å². The Kier molecular flexibility index (Phi) is 5.59. The monoisotopic (exact) mass is 464 g/mol. The van der Waals surface area contributed by atoms with E-state index in [9.17, 15) is 9.59 Å². The zero-order valence-corrected chi connectivity index (χ0v) is 20.7. The fourth-order valence-electron chi connectivity index (χ4n) is 5.12. The van der Waals surface area contributed by atoms with Gasteiger partial charge in [-0.2, -0.15) is 0 Å². The maximum atomic E-state index is 12.0. The zero-order chi connectivity index (χ0) is 23.5. The molecule has 10 nitrogen and oxygen atoms in total. The van der Waals surface area contributed by atoms with Crippen molar-refractivity contribution in [2.75, 3.05) is 6.61 Å². The van der Waals surface area contributed by atoms with Crippen LogP contribution < -0.4 is 5.56 Å². The number of rotatable bonds is 3. The maximum absolute atomic E-state index is 12.0. The summed E-state index contributed by atoms with van der Waals surface area (Å²) < 4.78 is 27.1. The molecule has 2 aliphatic rings. The first-order valence-corrected chi connectivity index (χ1v) is 12.7. The molecule has 0 aromatic carbocycles. The van der Waals surface area contributed by atoms with Crippen LogP contribution in [0.2, 0.25) is 10.1 Å². The SMILES string of the molecule is CC(=O)O[C@H]1C(Cn2cnc3c(=O)[nH]cnc32)O[C@@H]2CO[Si](C(C)(C)C)(C(C)(C)C)O[C@H]21. The van der Waals surface area contributed by atoms with E-state index >= 15 is 0 Å². The minimum atomic E-state index is -2.77. The molecule has 11 heteroatoms. The fourth-order valence-corrected chi connectivity index (χ4v) is 10.1. The number of carbonyl (C=O) groups is 1. The van der Waals surface area contributed by atoms with Crippen LogP contribution in [0.25, 0.3) is 11.2 Å². The molecule has 2 fully saturated rings. The van der Waals surface area contributed by atoms with Gasteiger partial charge in [0.25, 0.3) is 5.56 Å². The molecular formula is C21H32N4O6Si. The number of aromatic nitrogens is 4. The first-order valence-electron chi connectivity index (χ1n) is 10.9. The molecule has 0 radical (unpaired) electrons. The molecule has 2 aliphatic heterocycles. The van der Waals surface area contributed by atoms with Gasteiger partial charge in [0.1, 0.15) is 18.3 Å². The summed E-state index contributed by atoms with van der Waals surface area (Å²) in [5, 5.41) is -0.416. The third-order valence-corrected chi connectivity index (χ3v) is 11.3. The molecular weight excluding hydrogens is 432 g/mol. The first-order chi connectivity index (χ1) is 14.8. The molecule has 0 bridgehead atoms. The van der Waals surface area contributed by atoms with Crippen LogP contribution in [0.15, 0.2) is 17.4 Å². The first kappa shape index (κ1) is 23.1. The lowest BCUT2D eigenvalue weighted by Gasteiger charge is -2.53. The molecule has 1 N–H and O–H groups in total. The smallest absolute Gasteiger partial charge is 0.349 e. The molecule has 4 rings (SSSR count). The molecule has 176 valence electrons. The summed E-state index contributed by atoms with van der Waals surface area (Å²) in [6.07, 6.45) is 0.975. The van der Waals surface area contributed by atoms with Gasteiger partial charge in [0.2, 0.25) is 0 Å². The van der Waals surface area contributed by atoms with Crippen LogP contribution in [0.3, 0.4) is 0 Å². The Hall–Kier alpha value is -2.08. The van der Waals surface area contributed by atoms with Crippen LogP contribution in [0, 0.1) is 0 Å². The number of hydrogen-bond acceptors (Lipinski definition) is 8. The van der Waals surface area contributed by atoms with Gasteiger partial charge in [-0.25, -0.2) is 9.97 Å². The number of H-pyrrole nitrogens is 1. The van der Waals surface area contributed by atoms with Crippen molar-refractivity contribution < 1.29 is 23.1 Å². The normalized spacial score (nSPS) is 28.0. The van der Waals surface area contributed by atoms with Crippen molar-refractivity contribution in [2.45, 2.75) is 89.5 Å². The Morgan fingerprint density at radius 3 is 2.56 bits per heavy atom. The summed E-state index contributed by atoms with van der Waals surface area (Å²) >= 11 is 0. The molecule has 4 heterocycles. The van der Waals surface area contributed by atoms with E-state index in [0.717, 1.165) is 0 Å². The largest absolute Gasteiger partial charge is 0.457 e. The Labute approximate surface area is 187 Å². The lowest BCUT2D eigenvalue weighted by Crippen LogP contribution is -2.65. The number of fused-ring (bicyclic) bond motifs is 2. The Morgan fingerprint density at radius 2 is 1.94 bits per heavy atom. The lowest BCUT2D eigenvalue weighted by atomic mass is 10.1. The van der Waals surface area contributed by atoms with Gasteiger partial charge < -0.3 is 27.9 Å². The number of hydrogen-bond donors (Lipinski definition) is 1. The molecule has 4 atom stereocenters. The van der Waals surface area contributed by atoms with Gasteiger partial charge in [-0.1, -0.05) is 41.5 Å². The van der Waals surface area contributed by atoms with E-state index < -0.39 is 32.8 Å². The number of nitrogens with zero attached hydrogens (tertiary/aromatic N) is 3. The number of imidazole rings is 1. The van der Waals surface area contributed by atoms with Gasteiger partial charge >= 0.3 is 14.5 Å². The zero-order valence-electron chi connectivity index (χ0n) is 19.7. The molecule has 1 unspecified atom stereocenters. The van der Waals surface area contributed by atoms with Crippen LogP contribution in [0.4, 0.5) is 0 Å². The quantitative estimate of drug-likeness (QED) is 0.543. The molecule has 0 amide bonds. The number of aromatic amines is 1. The molecule has 0 aliphatic carbocycles. The summed E-state index contributed by atoms with van der Waals surface area (Å²) in [6, 6.07) is 0. The number of nitrogens with one attached hydrogen (secondary N) is 1. The van der Waals surface area contributed by atoms with Crippen LogP contribution in [0.5, 0.6) is 0 Å². The molecule has 2 aromatic rings. The summed E-state index contributed by atoms with van der Waals surface area (Å²) in [6.45, 7) is 14.9. The van der Waals surface area contributed by atoms with E-state index in [1.54, 1.807) is 10.9 Å². The van der Waals surface area contributed by atoms with Gasteiger partial charge in [-0.3, -0.25) is 9.59 Å². The minimum absolute atomic E-state index is 0.208. The average molecular weight is 465 g/mol. The highest BCUT2D eigenvalue weighted by atomic mass is 28.4. The highest BCUT2D eigenvalue weighted by Crippen LogP contribution is 2.55. The van der Waals surface area contributed by atoms with Crippen molar-refractivity contribution in [1.82, 2.24) is 19.5 Å². The molecule has 32 heavy (non-hydrogen) atoms. The van der Waals surface area contributed by atoms with Crippen molar-refractivity contribution in [3.8, 4) is 0 Å². The van der Waals surface area contributed by atoms with Crippen LogP contribution in [-0.2, 0) is 29.7 Å². The predicted octanol–water partition coefficient (Wildman–Crippen LogP) is 2.28.